The van der Waals surface area contributed by atoms with E-state index in [9.17, 15) is 14.9 Å². The monoisotopic (exact) mass is 247 g/mol. The first-order valence-electron chi connectivity index (χ1n) is 4.82. The number of carboxylic acids is 1. The van der Waals surface area contributed by atoms with Crippen molar-refractivity contribution in [3.05, 3.63) is 45.5 Å². The van der Waals surface area contributed by atoms with Crippen LogP contribution in [0.4, 0.5) is 5.69 Å². The average Bonchev–Trinajstić information content (AvgIpc) is 2.35. The van der Waals surface area contributed by atoms with Crippen molar-refractivity contribution >= 4 is 17.4 Å². The summed E-state index contributed by atoms with van der Waals surface area (Å²) in [5.41, 5.74) is -0.871. The molecular weight excluding hydrogens is 238 g/mol. The Morgan fingerprint density at radius 2 is 2.11 bits per heavy atom. The van der Waals surface area contributed by atoms with Crippen LogP contribution in [0.5, 0.6) is 0 Å². The average molecular weight is 247 g/mol. The van der Waals surface area contributed by atoms with E-state index in [0.717, 1.165) is 0 Å². The smallest absolute Gasteiger partial charge is 0.348 e. The number of nitro benzene ring substituents is 1. The number of nitro groups is 1. The lowest BCUT2D eigenvalue weighted by Crippen LogP contribution is -2.13. The Labute approximate surface area is 102 Å². The molecule has 0 amide bonds. The van der Waals surface area contributed by atoms with Crippen molar-refractivity contribution in [1.82, 2.24) is 5.32 Å². The largest absolute Gasteiger partial charge is 0.477 e. The predicted molar refractivity (Wildman–Crippen MR) is 62.3 cm³/mol. The van der Waals surface area contributed by atoms with E-state index < -0.39 is 16.5 Å². The van der Waals surface area contributed by atoms with Crippen LogP contribution in [0.25, 0.3) is 5.70 Å². The number of carboxylic acid groups (broad SMARTS) is 1. The number of hydrogen-bond acceptors (Lipinski definition) is 5. The molecule has 0 heterocycles. The first-order chi connectivity index (χ1) is 8.52. The highest BCUT2D eigenvalue weighted by Crippen LogP contribution is 2.25. The minimum Gasteiger partial charge on any atom is -0.477 e. The fraction of sp³-hybridized carbons (Fsp3) is 0.0909. The lowest BCUT2D eigenvalue weighted by molar-refractivity contribution is -0.385. The zero-order valence-electron chi connectivity index (χ0n) is 9.38. The van der Waals surface area contributed by atoms with Crippen molar-refractivity contribution in [2.75, 3.05) is 7.05 Å². The molecule has 2 N–H and O–H groups in total. The molecule has 7 nitrogen and oxygen atoms in total. The normalized spacial score (nSPS) is 11.1. The Bertz CT molecular complexity index is 572. The van der Waals surface area contributed by atoms with Crippen LogP contribution in [0, 0.1) is 21.4 Å². The summed E-state index contributed by atoms with van der Waals surface area (Å²) in [7, 11) is 1.40. The molecule has 0 aliphatic heterocycles. The van der Waals surface area contributed by atoms with Crippen LogP contribution in [-0.4, -0.2) is 23.0 Å². The number of carbonyl (C=O) groups is 1. The molecule has 0 saturated carbocycles. The molecule has 0 aliphatic rings. The summed E-state index contributed by atoms with van der Waals surface area (Å²) < 4.78 is 0. The number of nitriles is 1. The molecule has 0 aliphatic carbocycles. The zero-order chi connectivity index (χ0) is 13.7. The van der Waals surface area contributed by atoms with Gasteiger partial charge in [-0.15, -0.1) is 0 Å². The Morgan fingerprint density at radius 3 is 2.56 bits per heavy atom. The maximum Gasteiger partial charge on any atom is 0.348 e. The van der Waals surface area contributed by atoms with Crippen molar-refractivity contribution in [3.63, 3.8) is 0 Å². The third-order valence-corrected chi connectivity index (χ3v) is 2.20. The third kappa shape index (κ3) is 2.44. The first kappa shape index (κ1) is 13.2. The molecule has 0 spiro atoms. The van der Waals surface area contributed by atoms with E-state index in [2.05, 4.69) is 5.32 Å². The van der Waals surface area contributed by atoms with Gasteiger partial charge in [-0.1, -0.05) is 12.1 Å². The van der Waals surface area contributed by atoms with Crippen molar-refractivity contribution in [2.45, 2.75) is 0 Å². The number of rotatable bonds is 4. The maximum absolute atomic E-state index is 10.9. The van der Waals surface area contributed by atoms with Gasteiger partial charge in [0.05, 0.1) is 16.2 Å². The van der Waals surface area contributed by atoms with Crippen molar-refractivity contribution in [3.8, 4) is 6.07 Å². The summed E-state index contributed by atoms with van der Waals surface area (Å²) in [5.74, 6) is -1.44. The van der Waals surface area contributed by atoms with E-state index >= 15 is 0 Å². The number of aliphatic carboxylic acids is 1. The van der Waals surface area contributed by atoms with Gasteiger partial charge >= 0.3 is 5.97 Å². The van der Waals surface area contributed by atoms with Gasteiger partial charge in [0.2, 0.25) is 0 Å². The molecule has 0 radical (unpaired) electrons. The number of benzene rings is 1. The van der Waals surface area contributed by atoms with Crippen LogP contribution < -0.4 is 5.32 Å². The van der Waals surface area contributed by atoms with Gasteiger partial charge in [-0.3, -0.25) is 10.1 Å². The van der Waals surface area contributed by atoms with Crippen LogP contribution >= 0.6 is 0 Å². The van der Waals surface area contributed by atoms with Crippen LogP contribution in [0.15, 0.2) is 29.8 Å². The van der Waals surface area contributed by atoms with Crippen molar-refractivity contribution in [1.29, 1.82) is 5.26 Å². The molecule has 0 unspecified atom stereocenters. The molecule has 92 valence electrons. The van der Waals surface area contributed by atoms with E-state index in [-0.39, 0.29) is 16.9 Å². The van der Waals surface area contributed by atoms with E-state index in [1.165, 1.54) is 37.4 Å². The van der Waals surface area contributed by atoms with Gasteiger partial charge in [-0.2, -0.15) is 5.26 Å². The van der Waals surface area contributed by atoms with Gasteiger partial charge in [0.25, 0.3) is 5.69 Å². The number of hydrogen-bond donors (Lipinski definition) is 2. The summed E-state index contributed by atoms with van der Waals surface area (Å²) >= 11 is 0. The summed E-state index contributed by atoms with van der Waals surface area (Å²) in [6, 6.07) is 7.12. The summed E-state index contributed by atoms with van der Waals surface area (Å²) in [6.45, 7) is 0. The molecule has 7 heteroatoms. The van der Waals surface area contributed by atoms with E-state index in [0.29, 0.717) is 0 Å². The second-order valence-corrected chi connectivity index (χ2v) is 3.19. The van der Waals surface area contributed by atoms with Crippen LogP contribution in [0.1, 0.15) is 5.56 Å². The van der Waals surface area contributed by atoms with Gasteiger partial charge in [0, 0.05) is 13.1 Å². The van der Waals surface area contributed by atoms with Gasteiger partial charge in [0.1, 0.15) is 6.07 Å². The van der Waals surface area contributed by atoms with Crippen molar-refractivity contribution < 1.29 is 14.8 Å². The molecule has 0 aromatic heterocycles. The second kappa shape index (κ2) is 5.45. The van der Waals surface area contributed by atoms with Crippen LogP contribution in [-0.2, 0) is 4.79 Å². The van der Waals surface area contributed by atoms with Gasteiger partial charge in [-0.25, -0.2) is 4.79 Å². The summed E-state index contributed by atoms with van der Waals surface area (Å²) in [4.78, 5) is 21.1. The summed E-state index contributed by atoms with van der Waals surface area (Å²) in [6.07, 6.45) is 0. The van der Waals surface area contributed by atoms with Gasteiger partial charge < -0.3 is 10.4 Å². The number of nitrogens with one attached hydrogen (secondary N) is 1. The second-order valence-electron chi connectivity index (χ2n) is 3.19. The van der Waals surface area contributed by atoms with E-state index in [1.807, 2.05) is 0 Å². The number of nitrogens with zero attached hydrogens (tertiary/aromatic N) is 2. The van der Waals surface area contributed by atoms with Crippen molar-refractivity contribution in [2.24, 2.45) is 0 Å². The molecule has 18 heavy (non-hydrogen) atoms. The zero-order valence-corrected chi connectivity index (χ0v) is 9.38. The molecule has 0 fully saturated rings. The van der Waals surface area contributed by atoms with Crippen LogP contribution in [0.2, 0.25) is 0 Å². The molecular formula is C11H9N3O4. The van der Waals surface area contributed by atoms with Gasteiger partial charge in [0.15, 0.2) is 5.57 Å². The molecule has 0 atom stereocenters. The van der Waals surface area contributed by atoms with E-state index in [4.69, 9.17) is 10.4 Å². The Kier molecular flexibility index (Phi) is 3.99. The molecule has 0 bridgehead atoms. The Morgan fingerprint density at radius 1 is 1.50 bits per heavy atom. The molecule has 0 saturated heterocycles. The third-order valence-electron chi connectivity index (χ3n) is 2.20. The molecule has 1 rings (SSSR count). The lowest BCUT2D eigenvalue weighted by Gasteiger charge is -2.08. The quantitative estimate of drug-likeness (QED) is 0.356. The standard InChI is InChI=1S/C11H9N3O4/c1-13-10(8(6-12)11(15)16)7-4-2-3-5-9(7)14(17)18/h2-5,13H,1H3,(H,15,16)/b10-8-. The predicted octanol–water partition coefficient (Wildman–Crippen LogP) is 1.13. The number of para-hydroxylation sites is 1. The lowest BCUT2D eigenvalue weighted by atomic mass is 10.1. The molecule has 1 aromatic carbocycles. The molecule has 1 aromatic rings. The Hall–Kier alpha value is -2.88. The first-order valence-corrected chi connectivity index (χ1v) is 4.82. The minimum atomic E-state index is -1.44. The van der Waals surface area contributed by atoms with Gasteiger partial charge in [-0.05, 0) is 6.07 Å². The van der Waals surface area contributed by atoms with Crippen LogP contribution in [0.3, 0.4) is 0 Å². The SMILES string of the molecule is CN/C(=C(/C#N)C(=O)O)c1ccccc1[N+](=O)[O-]. The maximum atomic E-state index is 10.9. The highest BCUT2D eigenvalue weighted by molar-refractivity contribution is 6.00. The fourth-order valence-electron chi connectivity index (χ4n) is 1.45. The minimum absolute atomic E-state index is 0.0592. The summed E-state index contributed by atoms with van der Waals surface area (Å²) in [5, 5.41) is 31.0. The Balaban J connectivity index is 3.58. The highest BCUT2D eigenvalue weighted by Gasteiger charge is 2.21. The fourth-order valence-corrected chi connectivity index (χ4v) is 1.45. The highest BCUT2D eigenvalue weighted by atomic mass is 16.6. The topological polar surface area (TPSA) is 116 Å². The van der Waals surface area contributed by atoms with E-state index in [1.54, 1.807) is 0 Å².